The molecule has 22 heavy (non-hydrogen) atoms. The lowest BCUT2D eigenvalue weighted by molar-refractivity contribution is -0.135. The molecule has 1 heterocycles. The summed E-state index contributed by atoms with van der Waals surface area (Å²) in [5.41, 5.74) is 2.31. The van der Waals surface area contributed by atoms with E-state index in [1.54, 1.807) is 0 Å². The number of carbonyl (C=O) groups excluding carboxylic acids is 2. The first-order valence-corrected chi connectivity index (χ1v) is 8.27. The van der Waals surface area contributed by atoms with Crippen molar-refractivity contribution in [3.05, 3.63) is 35.4 Å². The fourth-order valence-corrected chi connectivity index (χ4v) is 3.13. The highest BCUT2D eigenvalue weighted by Crippen LogP contribution is 2.40. The molecular formula is C18H24N2O2. The van der Waals surface area contributed by atoms with Crippen molar-refractivity contribution >= 4 is 11.8 Å². The fraction of sp³-hybridized carbons (Fsp3) is 0.556. The van der Waals surface area contributed by atoms with Gasteiger partial charge in [-0.2, -0.15) is 0 Å². The Morgan fingerprint density at radius 3 is 2.45 bits per heavy atom. The maximum absolute atomic E-state index is 12.3. The number of piperidine rings is 1. The van der Waals surface area contributed by atoms with Crippen molar-refractivity contribution in [1.82, 2.24) is 10.2 Å². The zero-order valence-electron chi connectivity index (χ0n) is 13.2. The summed E-state index contributed by atoms with van der Waals surface area (Å²) in [4.78, 5) is 26.4. The molecule has 0 radical (unpaired) electrons. The summed E-state index contributed by atoms with van der Waals surface area (Å²) in [7, 11) is 0. The Kier molecular flexibility index (Phi) is 4.46. The predicted molar refractivity (Wildman–Crippen MR) is 85.1 cm³/mol. The van der Waals surface area contributed by atoms with Gasteiger partial charge in [0.25, 0.3) is 0 Å². The molecule has 4 heteroatoms. The Morgan fingerprint density at radius 2 is 1.77 bits per heavy atom. The van der Waals surface area contributed by atoms with Crippen LogP contribution in [0.1, 0.15) is 36.8 Å². The van der Waals surface area contributed by atoms with Crippen molar-refractivity contribution in [2.24, 2.45) is 11.8 Å². The summed E-state index contributed by atoms with van der Waals surface area (Å²) in [5, 5.41) is 2.96. The molecule has 1 saturated carbocycles. The highest BCUT2D eigenvalue weighted by molar-refractivity contribution is 5.92. The lowest BCUT2D eigenvalue weighted by Crippen LogP contribution is -2.37. The number of nitrogens with one attached hydrogen (secondary N) is 1. The van der Waals surface area contributed by atoms with Crippen LogP contribution in [0.2, 0.25) is 0 Å². The van der Waals surface area contributed by atoms with Crippen LogP contribution >= 0.6 is 0 Å². The van der Waals surface area contributed by atoms with Gasteiger partial charge in [0, 0.05) is 19.6 Å². The maximum atomic E-state index is 12.3. The molecule has 0 aromatic heterocycles. The van der Waals surface area contributed by atoms with E-state index < -0.39 is 0 Å². The SMILES string of the molecule is Cc1ccc(CNC(=O)C2CC2C(=O)N2CCCCC2)cc1. The third-order valence-electron chi connectivity index (χ3n) is 4.70. The molecular weight excluding hydrogens is 276 g/mol. The van der Waals surface area contributed by atoms with Crippen LogP contribution in [0, 0.1) is 18.8 Å². The first-order valence-electron chi connectivity index (χ1n) is 8.27. The van der Waals surface area contributed by atoms with Gasteiger partial charge < -0.3 is 10.2 Å². The molecule has 4 nitrogen and oxygen atoms in total. The molecule has 2 fully saturated rings. The molecule has 0 spiro atoms. The van der Waals surface area contributed by atoms with E-state index in [2.05, 4.69) is 5.32 Å². The van der Waals surface area contributed by atoms with Crippen LogP contribution in [-0.4, -0.2) is 29.8 Å². The Balaban J connectivity index is 1.46. The third kappa shape index (κ3) is 3.49. The summed E-state index contributed by atoms with van der Waals surface area (Å²) < 4.78 is 0. The smallest absolute Gasteiger partial charge is 0.226 e. The molecule has 2 unspecified atom stereocenters. The van der Waals surface area contributed by atoms with E-state index in [-0.39, 0.29) is 23.7 Å². The fourth-order valence-electron chi connectivity index (χ4n) is 3.13. The lowest BCUT2D eigenvalue weighted by Gasteiger charge is -2.26. The van der Waals surface area contributed by atoms with Crippen molar-refractivity contribution in [2.45, 2.75) is 39.2 Å². The predicted octanol–water partition coefficient (Wildman–Crippen LogP) is 2.26. The molecule has 3 rings (SSSR count). The maximum Gasteiger partial charge on any atom is 0.226 e. The van der Waals surface area contributed by atoms with Crippen LogP contribution in [0.4, 0.5) is 0 Å². The second kappa shape index (κ2) is 6.51. The van der Waals surface area contributed by atoms with E-state index in [0.29, 0.717) is 6.54 Å². The number of hydrogen-bond acceptors (Lipinski definition) is 2. The zero-order chi connectivity index (χ0) is 15.5. The highest BCUT2D eigenvalue weighted by Gasteiger charge is 2.49. The van der Waals surface area contributed by atoms with Gasteiger partial charge in [0.15, 0.2) is 0 Å². The number of rotatable bonds is 4. The van der Waals surface area contributed by atoms with Crippen LogP contribution < -0.4 is 5.32 Å². The van der Waals surface area contributed by atoms with Gasteiger partial charge in [-0.3, -0.25) is 9.59 Å². The Hall–Kier alpha value is -1.84. The second-order valence-electron chi connectivity index (χ2n) is 6.54. The average molecular weight is 300 g/mol. The Bertz CT molecular complexity index is 547. The van der Waals surface area contributed by atoms with Gasteiger partial charge in [0.2, 0.25) is 11.8 Å². The number of carbonyl (C=O) groups is 2. The van der Waals surface area contributed by atoms with Crippen LogP contribution in [0.25, 0.3) is 0 Å². The normalized spacial score (nSPS) is 24.0. The number of benzene rings is 1. The summed E-state index contributed by atoms with van der Waals surface area (Å²) in [6.45, 7) is 4.32. The number of hydrogen-bond donors (Lipinski definition) is 1. The number of likely N-dealkylation sites (tertiary alicyclic amines) is 1. The molecule has 1 saturated heterocycles. The van der Waals surface area contributed by atoms with Crippen molar-refractivity contribution < 1.29 is 9.59 Å². The molecule has 1 aliphatic carbocycles. The summed E-state index contributed by atoms with van der Waals surface area (Å²) in [5.74, 6) is 0.0297. The topological polar surface area (TPSA) is 49.4 Å². The molecule has 118 valence electrons. The van der Waals surface area contributed by atoms with Gasteiger partial charge >= 0.3 is 0 Å². The first-order chi connectivity index (χ1) is 10.6. The highest BCUT2D eigenvalue weighted by atomic mass is 16.2. The van der Waals surface area contributed by atoms with Gasteiger partial charge in [-0.25, -0.2) is 0 Å². The average Bonchev–Trinajstić information content (AvgIpc) is 3.35. The van der Waals surface area contributed by atoms with Gasteiger partial charge in [-0.15, -0.1) is 0 Å². The van der Waals surface area contributed by atoms with E-state index in [9.17, 15) is 9.59 Å². The molecule has 1 aliphatic heterocycles. The van der Waals surface area contributed by atoms with E-state index in [0.717, 1.165) is 37.9 Å². The standard InChI is InChI=1S/C18H24N2O2/c1-13-5-7-14(8-6-13)12-19-17(21)15-11-16(15)18(22)20-9-3-2-4-10-20/h5-8,15-16H,2-4,9-12H2,1H3,(H,19,21). The van der Waals surface area contributed by atoms with Gasteiger partial charge in [0.1, 0.15) is 0 Å². The zero-order valence-corrected chi connectivity index (χ0v) is 13.2. The number of amides is 2. The minimum atomic E-state index is -0.111. The van der Waals surface area contributed by atoms with Crippen molar-refractivity contribution in [2.75, 3.05) is 13.1 Å². The van der Waals surface area contributed by atoms with Gasteiger partial charge in [-0.05, 0) is 38.2 Å². The van der Waals surface area contributed by atoms with E-state index in [1.165, 1.54) is 12.0 Å². The molecule has 2 amide bonds. The molecule has 2 aliphatic rings. The van der Waals surface area contributed by atoms with Crippen LogP contribution in [0.5, 0.6) is 0 Å². The van der Waals surface area contributed by atoms with Crippen LogP contribution in [0.3, 0.4) is 0 Å². The summed E-state index contributed by atoms with van der Waals surface area (Å²) in [6.07, 6.45) is 4.13. The summed E-state index contributed by atoms with van der Waals surface area (Å²) in [6, 6.07) is 8.14. The minimum Gasteiger partial charge on any atom is -0.352 e. The Morgan fingerprint density at radius 1 is 1.09 bits per heavy atom. The summed E-state index contributed by atoms with van der Waals surface area (Å²) >= 11 is 0. The quantitative estimate of drug-likeness (QED) is 0.927. The van der Waals surface area contributed by atoms with E-state index >= 15 is 0 Å². The lowest BCUT2D eigenvalue weighted by atomic mass is 10.1. The largest absolute Gasteiger partial charge is 0.352 e. The molecule has 1 aromatic rings. The minimum absolute atomic E-state index is 0.0240. The molecule has 0 bridgehead atoms. The van der Waals surface area contributed by atoms with E-state index in [1.807, 2.05) is 36.1 Å². The monoisotopic (exact) mass is 300 g/mol. The Labute approximate surface area is 131 Å². The van der Waals surface area contributed by atoms with Crippen molar-refractivity contribution in [3.63, 3.8) is 0 Å². The van der Waals surface area contributed by atoms with Crippen LogP contribution in [-0.2, 0) is 16.1 Å². The third-order valence-corrected chi connectivity index (χ3v) is 4.70. The second-order valence-corrected chi connectivity index (χ2v) is 6.54. The van der Waals surface area contributed by atoms with Gasteiger partial charge in [-0.1, -0.05) is 29.8 Å². The molecule has 1 N–H and O–H groups in total. The molecule has 2 atom stereocenters. The van der Waals surface area contributed by atoms with Gasteiger partial charge in [0.05, 0.1) is 11.8 Å². The van der Waals surface area contributed by atoms with Crippen molar-refractivity contribution in [1.29, 1.82) is 0 Å². The number of nitrogens with zero attached hydrogens (tertiary/aromatic N) is 1. The van der Waals surface area contributed by atoms with E-state index in [4.69, 9.17) is 0 Å². The van der Waals surface area contributed by atoms with Crippen molar-refractivity contribution in [3.8, 4) is 0 Å². The number of aryl methyl sites for hydroxylation is 1. The molecule has 1 aromatic carbocycles. The van der Waals surface area contributed by atoms with Crippen LogP contribution in [0.15, 0.2) is 24.3 Å². The first kappa shape index (κ1) is 15.1.